The summed E-state index contributed by atoms with van der Waals surface area (Å²) in [6, 6.07) is 7.02. The number of carbonyl (C=O) groups is 2. The van der Waals surface area contributed by atoms with Crippen LogP contribution < -0.4 is 10.6 Å². The molecule has 0 saturated heterocycles. The van der Waals surface area contributed by atoms with Gasteiger partial charge in [-0.3, -0.25) is 9.59 Å². The van der Waals surface area contributed by atoms with Crippen LogP contribution in [0, 0.1) is 12.3 Å². The Balaban J connectivity index is 1.77. The lowest BCUT2D eigenvalue weighted by Gasteiger charge is -2.29. The Morgan fingerprint density at radius 2 is 1.89 bits per heavy atom. The van der Waals surface area contributed by atoms with Crippen molar-refractivity contribution in [2.75, 3.05) is 20.6 Å². The number of nitrogens with one attached hydrogen (secondary N) is 2. The molecule has 3 heterocycles. The van der Waals surface area contributed by atoms with Gasteiger partial charge in [-0.15, -0.1) is 10.2 Å². The fourth-order valence-electron chi connectivity index (χ4n) is 4.35. The molecule has 3 aromatic rings. The highest BCUT2D eigenvalue weighted by Gasteiger charge is 2.34. The Bertz CT molecular complexity index is 1240. The van der Waals surface area contributed by atoms with Gasteiger partial charge in [0.2, 0.25) is 17.7 Å². The Hall–Kier alpha value is -3.53. The molecule has 0 aliphatic carbocycles. The van der Waals surface area contributed by atoms with Gasteiger partial charge in [0.1, 0.15) is 11.9 Å². The van der Waals surface area contributed by atoms with Gasteiger partial charge in [0, 0.05) is 38.2 Å². The van der Waals surface area contributed by atoms with E-state index in [0.29, 0.717) is 29.8 Å². The SMILES string of the molecule is CNC(=O)[C@@H](NC(=O)c1nc(-c2cccc(-c3nnc(C)o3)c2)n2c1CN(C)CCC2)C(C)(C)C. The first-order chi connectivity index (χ1) is 16.6. The largest absolute Gasteiger partial charge is 0.421 e. The lowest BCUT2D eigenvalue weighted by atomic mass is 9.86. The van der Waals surface area contributed by atoms with Crippen LogP contribution in [-0.4, -0.2) is 63.1 Å². The summed E-state index contributed by atoms with van der Waals surface area (Å²) in [5, 5.41) is 13.6. The van der Waals surface area contributed by atoms with Crippen LogP contribution in [0.25, 0.3) is 22.8 Å². The number of benzene rings is 1. The lowest BCUT2D eigenvalue weighted by molar-refractivity contribution is -0.124. The van der Waals surface area contributed by atoms with Crippen LogP contribution in [0.4, 0.5) is 0 Å². The predicted octanol–water partition coefficient (Wildman–Crippen LogP) is 2.63. The van der Waals surface area contributed by atoms with Gasteiger partial charge in [-0.25, -0.2) is 4.98 Å². The Morgan fingerprint density at radius 1 is 1.14 bits per heavy atom. The van der Waals surface area contributed by atoms with Crippen molar-refractivity contribution in [1.82, 2.24) is 35.3 Å². The number of aryl methyl sites for hydroxylation is 1. The van der Waals surface area contributed by atoms with E-state index in [-0.39, 0.29) is 11.8 Å². The smallest absolute Gasteiger partial charge is 0.272 e. The van der Waals surface area contributed by atoms with E-state index >= 15 is 0 Å². The lowest BCUT2D eigenvalue weighted by Crippen LogP contribution is -2.53. The maximum absolute atomic E-state index is 13.5. The van der Waals surface area contributed by atoms with Crippen molar-refractivity contribution >= 4 is 11.8 Å². The molecule has 0 radical (unpaired) electrons. The van der Waals surface area contributed by atoms with Crippen molar-refractivity contribution in [1.29, 1.82) is 0 Å². The van der Waals surface area contributed by atoms with E-state index < -0.39 is 11.5 Å². The molecule has 1 aliphatic heterocycles. The van der Waals surface area contributed by atoms with Gasteiger partial charge in [-0.05, 0) is 37.6 Å². The third-order valence-electron chi connectivity index (χ3n) is 6.17. The molecule has 0 saturated carbocycles. The first-order valence-electron chi connectivity index (χ1n) is 11.8. The highest BCUT2D eigenvalue weighted by atomic mass is 16.4. The molecule has 0 unspecified atom stereocenters. The molecule has 0 spiro atoms. The number of carbonyl (C=O) groups excluding carboxylic acids is 2. The summed E-state index contributed by atoms with van der Waals surface area (Å²) in [5.74, 6) is 1.03. The number of fused-ring (bicyclic) bond motifs is 1. The Labute approximate surface area is 205 Å². The number of amides is 2. The third kappa shape index (κ3) is 5.12. The van der Waals surface area contributed by atoms with E-state index in [9.17, 15) is 9.59 Å². The molecule has 1 atom stereocenters. The molecule has 2 amide bonds. The molecule has 1 aromatic carbocycles. The number of likely N-dealkylation sites (N-methyl/N-ethyl adjacent to an activating group) is 1. The van der Waals surface area contributed by atoms with E-state index in [1.54, 1.807) is 14.0 Å². The second-order valence-corrected chi connectivity index (χ2v) is 10.1. The summed E-state index contributed by atoms with van der Waals surface area (Å²) >= 11 is 0. The van der Waals surface area contributed by atoms with Crippen molar-refractivity contribution in [2.24, 2.45) is 5.41 Å². The zero-order valence-electron chi connectivity index (χ0n) is 21.2. The molecule has 10 nitrogen and oxygen atoms in total. The molecule has 186 valence electrons. The quantitative estimate of drug-likeness (QED) is 0.577. The van der Waals surface area contributed by atoms with Crippen LogP contribution in [-0.2, 0) is 17.9 Å². The van der Waals surface area contributed by atoms with Crippen molar-refractivity contribution in [2.45, 2.75) is 53.2 Å². The minimum atomic E-state index is -0.701. The third-order valence-corrected chi connectivity index (χ3v) is 6.17. The van der Waals surface area contributed by atoms with Crippen LogP contribution in [0.15, 0.2) is 28.7 Å². The first kappa shape index (κ1) is 24.6. The maximum atomic E-state index is 13.5. The standard InChI is InChI=1S/C25H33N7O3/c1-15-29-30-24(35-15)17-10-7-9-16(13-17)21-27-19(18-14-31(6)11-8-12-32(18)21)22(33)28-20(23(34)26-5)25(2,3)4/h7,9-10,13,20H,8,11-12,14H2,1-6H3,(H,26,34)(H,28,33)/t20-/m1/s1. The Morgan fingerprint density at radius 3 is 2.54 bits per heavy atom. The fourth-order valence-corrected chi connectivity index (χ4v) is 4.35. The number of rotatable bonds is 5. The summed E-state index contributed by atoms with van der Waals surface area (Å²) in [6.45, 7) is 9.74. The number of hydrogen-bond donors (Lipinski definition) is 2. The molecule has 2 N–H and O–H groups in total. The molecular weight excluding hydrogens is 446 g/mol. The van der Waals surface area contributed by atoms with Crippen LogP contribution >= 0.6 is 0 Å². The molecule has 35 heavy (non-hydrogen) atoms. The number of aromatic nitrogens is 4. The average molecular weight is 480 g/mol. The van der Waals surface area contributed by atoms with Gasteiger partial charge in [0.15, 0.2) is 5.69 Å². The van der Waals surface area contributed by atoms with Crippen LogP contribution in [0.3, 0.4) is 0 Å². The van der Waals surface area contributed by atoms with Gasteiger partial charge in [0.05, 0.1) is 5.69 Å². The molecular formula is C25H33N7O3. The van der Waals surface area contributed by atoms with Crippen molar-refractivity contribution in [3.05, 3.63) is 41.5 Å². The van der Waals surface area contributed by atoms with E-state index in [1.807, 2.05) is 52.1 Å². The first-order valence-corrected chi connectivity index (χ1v) is 11.8. The van der Waals surface area contributed by atoms with E-state index in [4.69, 9.17) is 9.40 Å². The highest BCUT2D eigenvalue weighted by Crippen LogP contribution is 2.30. The number of imidazole rings is 1. The van der Waals surface area contributed by atoms with Gasteiger partial charge in [-0.2, -0.15) is 0 Å². The number of nitrogens with zero attached hydrogens (tertiary/aromatic N) is 5. The van der Waals surface area contributed by atoms with E-state index in [0.717, 1.165) is 36.3 Å². The summed E-state index contributed by atoms with van der Waals surface area (Å²) in [7, 11) is 3.60. The van der Waals surface area contributed by atoms with Crippen LogP contribution in [0.2, 0.25) is 0 Å². The fraction of sp³-hybridized carbons (Fsp3) is 0.480. The average Bonchev–Trinajstić information content (AvgIpc) is 3.34. The molecule has 1 aliphatic rings. The summed E-state index contributed by atoms with van der Waals surface area (Å²) in [4.78, 5) is 33.1. The van der Waals surface area contributed by atoms with Gasteiger partial charge in [-0.1, -0.05) is 32.9 Å². The van der Waals surface area contributed by atoms with Crippen molar-refractivity contribution < 1.29 is 14.0 Å². The molecule has 2 aromatic heterocycles. The van der Waals surface area contributed by atoms with Crippen LogP contribution in [0.5, 0.6) is 0 Å². The van der Waals surface area contributed by atoms with E-state index in [2.05, 4.69) is 30.3 Å². The van der Waals surface area contributed by atoms with Crippen LogP contribution in [0.1, 0.15) is 49.3 Å². The highest BCUT2D eigenvalue weighted by molar-refractivity contribution is 5.98. The minimum absolute atomic E-state index is 0.240. The summed E-state index contributed by atoms with van der Waals surface area (Å²) < 4.78 is 7.71. The van der Waals surface area contributed by atoms with Crippen molar-refractivity contribution in [3.63, 3.8) is 0 Å². The minimum Gasteiger partial charge on any atom is -0.421 e. The summed E-state index contributed by atoms with van der Waals surface area (Å²) in [5.41, 5.74) is 2.33. The molecule has 10 heteroatoms. The van der Waals surface area contributed by atoms with Crippen molar-refractivity contribution in [3.8, 4) is 22.8 Å². The molecule has 0 bridgehead atoms. The second-order valence-electron chi connectivity index (χ2n) is 10.1. The van der Waals surface area contributed by atoms with Gasteiger partial charge in [0.25, 0.3) is 5.91 Å². The monoisotopic (exact) mass is 479 g/mol. The topological polar surface area (TPSA) is 118 Å². The Kier molecular flexibility index (Phi) is 6.75. The maximum Gasteiger partial charge on any atom is 0.272 e. The molecule has 0 fully saturated rings. The van der Waals surface area contributed by atoms with Gasteiger partial charge >= 0.3 is 0 Å². The summed E-state index contributed by atoms with van der Waals surface area (Å²) in [6.07, 6.45) is 0.930. The number of hydrogen-bond acceptors (Lipinski definition) is 7. The normalized spacial score (nSPS) is 15.3. The van der Waals surface area contributed by atoms with E-state index in [1.165, 1.54) is 0 Å². The predicted molar refractivity (Wildman–Crippen MR) is 131 cm³/mol. The van der Waals surface area contributed by atoms with Gasteiger partial charge < -0.3 is 24.5 Å². The zero-order valence-corrected chi connectivity index (χ0v) is 21.2. The second kappa shape index (κ2) is 9.61. The molecule has 4 rings (SSSR count). The zero-order chi connectivity index (χ0) is 25.3.